The summed E-state index contributed by atoms with van der Waals surface area (Å²) in [5, 5.41) is 2.73. The first-order valence-electron chi connectivity index (χ1n) is 10.9. The highest BCUT2D eigenvalue weighted by atomic mass is 19.1. The van der Waals surface area contributed by atoms with E-state index in [9.17, 15) is 14.0 Å². The first-order valence-corrected chi connectivity index (χ1v) is 10.9. The molecule has 0 bridgehead atoms. The lowest BCUT2D eigenvalue weighted by Crippen LogP contribution is -2.50. The van der Waals surface area contributed by atoms with Crippen LogP contribution < -0.4 is 10.2 Å². The van der Waals surface area contributed by atoms with Crippen molar-refractivity contribution in [1.82, 2.24) is 14.9 Å². The van der Waals surface area contributed by atoms with Crippen LogP contribution in [0.15, 0.2) is 24.4 Å². The number of fused-ring (bicyclic) bond motifs is 3. The Hall–Kier alpha value is -3.07. The van der Waals surface area contributed by atoms with Crippen molar-refractivity contribution in [3.63, 3.8) is 0 Å². The van der Waals surface area contributed by atoms with Gasteiger partial charge in [0, 0.05) is 45.5 Å². The molecule has 8 nitrogen and oxygen atoms in total. The maximum Gasteiger partial charge on any atom is 0.230 e. The summed E-state index contributed by atoms with van der Waals surface area (Å²) in [6, 6.07) is 4.16. The highest BCUT2D eigenvalue weighted by Gasteiger charge is 2.45. The number of ether oxygens (including phenoxy) is 1. The number of nitrogens with one attached hydrogen (secondary N) is 1. The molecule has 2 amide bonds. The molecule has 1 aromatic heterocycles. The van der Waals surface area contributed by atoms with E-state index in [0.717, 1.165) is 17.7 Å². The van der Waals surface area contributed by atoms with Gasteiger partial charge in [0.2, 0.25) is 17.8 Å². The maximum absolute atomic E-state index is 13.9. The fourth-order valence-electron chi connectivity index (χ4n) is 4.96. The molecule has 3 aliphatic heterocycles. The highest BCUT2D eigenvalue weighted by Crippen LogP contribution is 2.42. The van der Waals surface area contributed by atoms with Crippen LogP contribution in [0.1, 0.15) is 42.0 Å². The summed E-state index contributed by atoms with van der Waals surface area (Å²) in [4.78, 5) is 38.4. The molecule has 32 heavy (non-hydrogen) atoms. The second kappa shape index (κ2) is 7.81. The maximum atomic E-state index is 13.9. The summed E-state index contributed by atoms with van der Waals surface area (Å²) in [6.07, 6.45) is 3.91. The molecule has 1 atom stereocenters. The monoisotopic (exact) mass is 439 g/mol. The SMILES string of the molecule is CN(C)c1ncc2c(n1)C1(CCN(C(=O)C3CC(=O)Nc4ccc(F)cc43)CC1)OCC2. The van der Waals surface area contributed by atoms with Crippen LogP contribution in [-0.2, 0) is 26.3 Å². The molecule has 1 saturated heterocycles. The zero-order valence-electron chi connectivity index (χ0n) is 18.2. The molecule has 168 valence electrons. The van der Waals surface area contributed by atoms with Gasteiger partial charge in [-0.15, -0.1) is 0 Å². The second-order valence-electron chi connectivity index (χ2n) is 8.89. The van der Waals surface area contributed by atoms with Gasteiger partial charge in [-0.1, -0.05) is 0 Å². The first-order chi connectivity index (χ1) is 15.4. The van der Waals surface area contributed by atoms with E-state index in [2.05, 4.69) is 10.3 Å². The minimum atomic E-state index is -0.675. The number of carbonyl (C=O) groups is 2. The van der Waals surface area contributed by atoms with Gasteiger partial charge < -0.3 is 19.9 Å². The Balaban J connectivity index is 1.37. The average Bonchev–Trinajstić information content (AvgIpc) is 2.79. The van der Waals surface area contributed by atoms with Crippen molar-refractivity contribution in [3.8, 4) is 0 Å². The van der Waals surface area contributed by atoms with Crippen molar-refractivity contribution >= 4 is 23.5 Å². The van der Waals surface area contributed by atoms with Crippen LogP contribution in [0, 0.1) is 5.82 Å². The summed E-state index contributed by atoms with van der Waals surface area (Å²) in [5.74, 6) is -0.828. The predicted molar refractivity (Wildman–Crippen MR) is 116 cm³/mol. The van der Waals surface area contributed by atoms with Crippen LogP contribution in [0.25, 0.3) is 0 Å². The number of halogens is 1. The number of aromatic nitrogens is 2. The van der Waals surface area contributed by atoms with E-state index < -0.39 is 17.3 Å². The molecule has 1 unspecified atom stereocenters. The fourth-order valence-corrected chi connectivity index (χ4v) is 4.96. The Morgan fingerprint density at radius 2 is 2.09 bits per heavy atom. The topological polar surface area (TPSA) is 87.7 Å². The Bertz CT molecular complexity index is 1080. The molecule has 9 heteroatoms. The standard InChI is InChI=1S/C23H26FN5O3/c1-28(2)22-25-13-14-5-10-32-23(20(14)27-22)6-8-29(9-7-23)21(31)17-12-19(30)26-18-4-3-15(24)11-16(17)18/h3-4,11,13,17H,5-10,12H2,1-2H3,(H,26,30). The van der Waals surface area contributed by atoms with Crippen molar-refractivity contribution in [2.75, 3.05) is 44.0 Å². The zero-order valence-corrected chi connectivity index (χ0v) is 18.2. The Morgan fingerprint density at radius 3 is 2.84 bits per heavy atom. The number of nitrogens with zero attached hydrogens (tertiary/aromatic N) is 4. The van der Waals surface area contributed by atoms with Gasteiger partial charge in [0.05, 0.1) is 18.2 Å². The molecule has 1 N–H and O–H groups in total. The molecule has 4 heterocycles. The molecule has 1 fully saturated rings. The summed E-state index contributed by atoms with van der Waals surface area (Å²) in [5.41, 5.74) is 2.52. The normalized spacial score (nSPS) is 21.5. The van der Waals surface area contributed by atoms with Crippen molar-refractivity contribution in [1.29, 1.82) is 0 Å². The molecular formula is C23H26FN5O3. The summed E-state index contributed by atoms with van der Waals surface area (Å²) < 4.78 is 20.1. The van der Waals surface area contributed by atoms with E-state index in [1.165, 1.54) is 18.2 Å². The number of carbonyl (C=O) groups excluding carboxylic acids is 2. The van der Waals surface area contributed by atoms with E-state index >= 15 is 0 Å². The number of anilines is 2. The van der Waals surface area contributed by atoms with E-state index in [-0.39, 0.29) is 18.2 Å². The molecular weight excluding hydrogens is 413 g/mol. The average molecular weight is 439 g/mol. The summed E-state index contributed by atoms with van der Waals surface area (Å²) in [7, 11) is 3.81. The fraction of sp³-hybridized carbons (Fsp3) is 0.478. The number of amides is 2. The third kappa shape index (κ3) is 3.50. The van der Waals surface area contributed by atoms with E-state index in [4.69, 9.17) is 9.72 Å². The van der Waals surface area contributed by atoms with Gasteiger partial charge in [0.1, 0.15) is 11.4 Å². The number of benzene rings is 1. The molecule has 5 rings (SSSR count). The first kappa shape index (κ1) is 20.8. The van der Waals surface area contributed by atoms with Gasteiger partial charge in [0.25, 0.3) is 0 Å². The minimum Gasteiger partial charge on any atom is -0.368 e. The number of piperidine rings is 1. The largest absolute Gasteiger partial charge is 0.368 e. The molecule has 1 aromatic carbocycles. The van der Waals surface area contributed by atoms with Crippen LogP contribution in [0.2, 0.25) is 0 Å². The Labute approximate surface area is 185 Å². The third-order valence-corrected chi connectivity index (χ3v) is 6.67. The summed E-state index contributed by atoms with van der Waals surface area (Å²) in [6.45, 7) is 1.58. The number of hydrogen-bond acceptors (Lipinski definition) is 6. The minimum absolute atomic E-state index is 0.0235. The second-order valence-corrected chi connectivity index (χ2v) is 8.89. The van der Waals surface area contributed by atoms with Gasteiger partial charge >= 0.3 is 0 Å². The van der Waals surface area contributed by atoms with Crippen molar-refractivity contribution in [2.24, 2.45) is 0 Å². The van der Waals surface area contributed by atoms with Crippen LogP contribution in [0.5, 0.6) is 0 Å². The number of likely N-dealkylation sites (tertiary alicyclic amines) is 1. The van der Waals surface area contributed by atoms with Crippen LogP contribution >= 0.6 is 0 Å². The quantitative estimate of drug-likeness (QED) is 0.772. The van der Waals surface area contributed by atoms with Crippen LogP contribution in [0.3, 0.4) is 0 Å². The highest BCUT2D eigenvalue weighted by molar-refractivity contribution is 6.01. The number of rotatable bonds is 2. The van der Waals surface area contributed by atoms with E-state index in [1.807, 2.05) is 25.2 Å². The van der Waals surface area contributed by atoms with Gasteiger partial charge in [-0.05, 0) is 48.6 Å². The molecule has 2 aromatic rings. The van der Waals surface area contributed by atoms with Crippen LogP contribution in [0.4, 0.5) is 16.0 Å². The van der Waals surface area contributed by atoms with Gasteiger partial charge in [-0.25, -0.2) is 14.4 Å². The molecule has 0 radical (unpaired) electrons. The van der Waals surface area contributed by atoms with Crippen molar-refractivity contribution < 1.29 is 18.7 Å². The van der Waals surface area contributed by atoms with Gasteiger partial charge in [-0.2, -0.15) is 0 Å². The van der Waals surface area contributed by atoms with Gasteiger partial charge in [0.15, 0.2) is 0 Å². The van der Waals surface area contributed by atoms with Crippen LogP contribution in [-0.4, -0.2) is 60.5 Å². The van der Waals surface area contributed by atoms with E-state index in [1.54, 1.807) is 4.90 Å². The van der Waals surface area contributed by atoms with Crippen molar-refractivity contribution in [2.45, 2.75) is 37.2 Å². The molecule has 3 aliphatic rings. The smallest absolute Gasteiger partial charge is 0.230 e. The number of hydrogen-bond donors (Lipinski definition) is 1. The Kier molecular flexibility index (Phi) is 5.08. The third-order valence-electron chi connectivity index (χ3n) is 6.67. The predicted octanol–water partition coefficient (Wildman–Crippen LogP) is 2.20. The van der Waals surface area contributed by atoms with Crippen molar-refractivity contribution in [3.05, 3.63) is 47.0 Å². The van der Waals surface area contributed by atoms with Gasteiger partial charge in [-0.3, -0.25) is 9.59 Å². The lowest BCUT2D eigenvalue weighted by atomic mass is 9.82. The molecule has 0 saturated carbocycles. The van der Waals surface area contributed by atoms with E-state index in [0.29, 0.717) is 49.7 Å². The lowest BCUT2D eigenvalue weighted by molar-refractivity contribution is -0.144. The molecule has 0 aliphatic carbocycles. The lowest BCUT2D eigenvalue weighted by Gasteiger charge is -2.45. The summed E-state index contributed by atoms with van der Waals surface area (Å²) >= 11 is 0. The zero-order chi connectivity index (χ0) is 22.5. The Morgan fingerprint density at radius 1 is 1.31 bits per heavy atom. The molecule has 1 spiro atoms.